The highest BCUT2D eigenvalue weighted by molar-refractivity contribution is 5.68. The zero-order valence-electron chi connectivity index (χ0n) is 9.90. The van der Waals surface area contributed by atoms with E-state index in [1.54, 1.807) is 6.20 Å². The summed E-state index contributed by atoms with van der Waals surface area (Å²) in [5.74, 6) is -1.13. The Kier molecular flexibility index (Phi) is 3.65. The van der Waals surface area contributed by atoms with Crippen molar-refractivity contribution < 1.29 is 9.90 Å². The summed E-state index contributed by atoms with van der Waals surface area (Å²) in [6, 6.07) is 3.76. The highest BCUT2D eigenvalue weighted by Gasteiger charge is 2.29. The van der Waals surface area contributed by atoms with Crippen molar-refractivity contribution in [2.45, 2.75) is 38.6 Å². The van der Waals surface area contributed by atoms with E-state index in [1.165, 1.54) is 0 Å². The summed E-state index contributed by atoms with van der Waals surface area (Å²) in [5, 5.41) is 8.88. The fourth-order valence-corrected chi connectivity index (χ4v) is 1.61. The molecule has 1 aromatic heterocycles. The fraction of sp³-hybridized carbons (Fsp3) is 0.500. The van der Waals surface area contributed by atoms with Crippen LogP contribution in [0.25, 0.3) is 0 Å². The average Bonchev–Trinajstić information content (AvgIpc) is 2.14. The molecule has 0 saturated carbocycles. The summed E-state index contributed by atoms with van der Waals surface area (Å²) < 4.78 is 0. The molecule has 0 saturated heterocycles. The predicted molar refractivity (Wildman–Crippen MR) is 62.2 cm³/mol. The average molecular weight is 222 g/mol. The Balaban J connectivity index is 3.01. The van der Waals surface area contributed by atoms with Crippen LogP contribution in [-0.4, -0.2) is 21.6 Å². The maximum Gasteiger partial charge on any atom is 0.304 e. The van der Waals surface area contributed by atoms with Crippen molar-refractivity contribution in [2.24, 2.45) is 5.73 Å². The number of carbonyl (C=O) groups is 1. The molecule has 4 nitrogen and oxygen atoms in total. The van der Waals surface area contributed by atoms with E-state index < -0.39 is 11.5 Å². The first-order valence-electron chi connectivity index (χ1n) is 5.24. The lowest BCUT2D eigenvalue weighted by Crippen LogP contribution is -2.40. The Morgan fingerprint density at radius 1 is 1.56 bits per heavy atom. The Labute approximate surface area is 95.5 Å². The van der Waals surface area contributed by atoms with Crippen molar-refractivity contribution in [1.29, 1.82) is 0 Å². The van der Waals surface area contributed by atoms with E-state index in [0.717, 1.165) is 11.3 Å². The molecule has 88 valence electrons. The fourth-order valence-electron chi connectivity index (χ4n) is 1.61. The third kappa shape index (κ3) is 3.31. The topological polar surface area (TPSA) is 76.2 Å². The van der Waals surface area contributed by atoms with Gasteiger partial charge in [0, 0.05) is 23.3 Å². The smallest absolute Gasteiger partial charge is 0.304 e. The lowest BCUT2D eigenvalue weighted by Gasteiger charge is -2.29. The lowest BCUT2D eigenvalue weighted by molar-refractivity contribution is -0.137. The van der Waals surface area contributed by atoms with Gasteiger partial charge < -0.3 is 10.8 Å². The third-order valence-corrected chi connectivity index (χ3v) is 2.57. The Morgan fingerprint density at radius 2 is 2.19 bits per heavy atom. The third-order valence-electron chi connectivity index (χ3n) is 2.57. The van der Waals surface area contributed by atoms with Crippen LogP contribution in [-0.2, 0) is 4.79 Å². The number of rotatable bonds is 4. The van der Waals surface area contributed by atoms with Crippen LogP contribution >= 0.6 is 0 Å². The quantitative estimate of drug-likeness (QED) is 0.812. The summed E-state index contributed by atoms with van der Waals surface area (Å²) in [6.07, 6.45) is 1.73. The second kappa shape index (κ2) is 4.61. The van der Waals surface area contributed by atoms with Gasteiger partial charge in [-0.3, -0.25) is 9.78 Å². The van der Waals surface area contributed by atoms with Gasteiger partial charge in [0.2, 0.25) is 0 Å². The number of carboxylic acid groups (broad SMARTS) is 1. The van der Waals surface area contributed by atoms with Crippen LogP contribution in [0.5, 0.6) is 0 Å². The molecule has 0 fully saturated rings. The molecule has 0 aromatic carbocycles. The van der Waals surface area contributed by atoms with E-state index in [0.29, 0.717) is 0 Å². The SMILES string of the molecule is Cc1ccc(C(CC(=O)O)C(C)(C)N)nc1. The molecule has 16 heavy (non-hydrogen) atoms. The van der Waals surface area contributed by atoms with Gasteiger partial charge in [0.15, 0.2) is 0 Å². The number of hydrogen-bond acceptors (Lipinski definition) is 3. The molecular weight excluding hydrogens is 204 g/mol. The summed E-state index contributed by atoms with van der Waals surface area (Å²) >= 11 is 0. The standard InChI is InChI=1S/C12H18N2O2/c1-8-4-5-10(14-7-8)9(6-11(15)16)12(2,3)13/h4-5,7,9H,6,13H2,1-3H3,(H,15,16). The van der Waals surface area contributed by atoms with Crippen molar-refractivity contribution in [2.75, 3.05) is 0 Å². The lowest BCUT2D eigenvalue weighted by atomic mass is 9.83. The van der Waals surface area contributed by atoms with Crippen LogP contribution in [0.3, 0.4) is 0 Å². The van der Waals surface area contributed by atoms with Crippen molar-refractivity contribution in [3.63, 3.8) is 0 Å². The number of aliphatic carboxylic acids is 1. The van der Waals surface area contributed by atoms with Crippen molar-refractivity contribution >= 4 is 5.97 Å². The zero-order chi connectivity index (χ0) is 12.3. The molecule has 0 aliphatic heterocycles. The predicted octanol–water partition coefficient (Wildman–Crippen LogP) is 1.69. The number of aryl methyl sites for hydroxylation is 1. The minimum atomic E-state index is -0.856. The van der Waals surface area contributed by atoms with E-state index in [1.807, 2.05) is 32.9 Å². The molecule has 1 aromatic rings. The molecule has 1 rings (SSSR count). The molecule has 0 spiro atoms. The van der Waals surface area contributed by atoms with E-state index in [-0.39, 0.29) is 12.3 Å². The van der Waals surface area contributed by atoms with Crippen molar-refractivity contribution in [1.82, 2.24) is 4.98 Å². The van der Waals surface area contributed by atoms with Crippen molar-refractivity contribution in [3.8, 4) is 0 Å². The molecule has 0 amide bonds. The number of nitrogens with two attached hydrogens (primary N) is 1. The minimum absolute atomic E-state index is 0.000436. The highest BCUT2D eigenvalue weighted by atomic mass is 16.4. The summed E-state index contributed by atoms with van der Waals surface area (Å²) in [7, 11) is 0. The van der Waals surface area contributed by atoms with Gasteiger partial charge in [-0.1, -0.05) is 6.07 Å². The monoisotopic (exact) mass is 222 g/mol. The molecular formula is C12H18N2O2. The van der Waals surface area contributed by atoms with Crippen LogP contribution < -0.4 is 5.73 Å². The summed E-state index contributed by atoms with van der Waals surface area (Å²) in [4.78, 5) is 15.1. The maximum atomic E-state index is 10.8. The van der Waals surface area contributed by atoms with Crippen LogP contribution in [0.15, 0.2) is 18.3 Å². The highest BCUT2D eigenvalue weighted by Crippen LogP contribution is 2.28. The van der Waals surface area contributed by atoms with Crippen LogP contribution in [0.2, 0.25) is 0 Å². The second-order valence-corrected chi connectivity index (χ2v) is 4.73. The largest absolute Gasteiger partial charge is 0.481 e. The molecule has 1 unspecified atom stereocenters. The Hall–Kier alpha value is -1.42. The zero-order valence-corrected chi connectivity index (χ0v) is 9.90. The van der Waals surface area contributed by atoms with E-state index >= 15 is 0 Å². The number of nitrogens with zero attached hydrogens (tertiary/aromatic N) is 1. The maximum absolute atomic E-state index is 10.8. The Morgan fingerprint density at radius 3 is 2.56 bits per heavy atom. The molecule has 4 heteroatoms. The van der Waals surface area contributed by atoms with Crippen LogP contribution in [0, 0.1) is 6.92 Å². The molecule has 1 heterocycles. The molecule has 3 N–H and O–H groups in total. The van der Waals surface area contributed by atoms with E-state index in [9.17, 15) is 4.79 Å². The minimum Gasteiger partial charge on any atom is -0.481 e. The number of pyridine rings is 1. The van der Waals surface area contributed by atoms with Gasteiger partial charge in [-0.25, -0.2) is 0 Å². The normalized spacial score (nSPS) is 13.5. The second-order valence-electron chi connectivity index (χ2n) is 4.73. The summed E-state index contributed by atoms with van der Waals surface area (Å²) in [5.41, 5.74) is 7.18. The summed E-state index contributed by atoms with van der Waals surface area (Å²) in [6.45, 7) is 5.58. The molecule has 0 aliphatic carbocycles. The molecule has 0 aliphatic rings. The molecule has 1 atom stereocenters. The van der Waals surface area contributed by atoms with Gasteiger partial charge in [-0.05, 0) is 32.4 Å². The van der Waals surface area contributed by atoms with Crippen LogP contribution in [0.1, 0.15) is 37.4 Å². The van der Waals surface area contributed by atoms with Crippen molar-refractivity contribution in [3.05, 3.63) is 29.6 Å². The first kappa shape index (κ1) is 12.6. The van der Waals surface area contributed by atoms with Crippen LogP contribution in [0.4, 0.5) is 0 Å². The van der Waals surface area contributed by atoms with Gasteiger partial charge in [0.05, 0.1) is 6.42 Å². The van der Waals surface area contributed by atoms with E-state index in [2.05, 4.69) is 4.98 Å². The number of aromatic nitrogens is 1. The molecule has 0 bridgehead atoms. The van der Waals surface area contributed by atoms with Gasteiger partial charge in [-0.15, -0.1) is 0 Å². The van der Waals surface area contributed by atoms with Gasteiger partial charge in [0.1, 0.15) is 0 Å². The first-order valence-corrected chi connectivity index (χ1v) is 5.24. The molecule has 0 radical (unpaired) electrons. The van der Waals surface area contributed by atoms with E-state index in [4.69, 9.17) is 10.8 Å². The first-order chi connectivity index (χ1) is 7.30. The van der Waals surface area contributed by atoms with Gasteiger partial charge in [-0.2, -0.15) is 0 Å². The van der Waals surface area contributed by atoms with Gasteiger partial charge in [0.25, 0.3) is 0 Å². The van der Waals surface area contributed by atoms with Gasteiger partial charge >= 0.3 is 5.97 Å². The number of hydrogen-bond donors (Lipinski definition) is 2. The Bertz CT molecular complexity index is 366. The number of carboxylic acids is 1.